The molecular weight excluding hydrogens is 256 g/mol. The molecule has 1 aliphatic heterocycles. The van der Waals surface area contributed by atoms with E-state index in [9.17, 15) is 9.59 Å². The Balaban J connectivity index is 2.26. The lowest BCUT2D eigenvalue weighted by Crippen LogP contribution is -2.39. The number of carbonyl (C=O) groups is 2. The Morgan fingerprint density at radius 2 is 2.20 bits per heavy atom. The highest BCUT2D eigenvalue weighted by atomic mass is 16.5. The molecule has 0 aliphatic carbocycles. The molecule has 0 atom stereocenters. The number of benzene rings is 1. The van der Waals surface area contributed by atoms with Gasteiger partial charge < -0.3 is 15.0 Å². The summed E-state index contributed by atoms with van der Waals surface area (Å²) < 4.78 is 5.43. The van der Waals surface area contributed by atoms with Gasteiger partial charge in [-0.15, -0.1) is 0 Å². The third-order valence-electron chi connectivity index (χ3n) is 3.24. The third-order valence-corrected chi connectivity index (χ3v) is 3.24. The first-order valence-corrected chi connectivity index (χ1v) is 7.02. The summed E-state index contributed by atoms with van der Waals surface area (Å²) >= 11 is 0. The Hall–Kier alpha value is -2.04. The van der Waals surface area contributed by atoms with Gasteiger partial charge in [-0.25, -0.2) is 0 Å². The molecule has 108 valence electrons. The molecule has 0 bridgehead atoms. The summed E-state index contributed by atoms with van der Waals surface area (Å²) in [5, 5.41) is 2.80. The minimum Gasteiger partial charge on any atom is -0.482 e. The second kappa shape index (κ2) is 6.41. The van der Waals surface area contributed by atoms with Gasteiger partial charge in [0, 0.05) is 18.7 Å². The van der Waals surface area contributed by atoms with Gasteiger partial charge in [-0.3, -0.25) is 9.59 Å². The molecule has 1 aromatic rings. The predicted octanol–water partition coefficient (Wildman–Crippen LogP) is 2.56. The average Bonchev–Trinajstić information content (AvgIpc) is 2.46. The molecular formula is C15H20N2O3. The Bertz CT molecular complexity index is 514. The molecule has 0 fully saturated rings. The van der Waals surface area contributed by atoms with E-state index in [4.69, 9.17) is 4.74 Å². The fraction of sp³-hybridized carbons (Fsp3) is 0.467. The van der Waals surface area contributed by atoms with Crippen molar-refractivity contribution in [3.63, 3.8) is 0 Å². The molecule has 0 saturated carbocycles. The Kier molecular flexibility index (Phi) is 4.61. The Labute approximate surface area is 118 Å². The zero-order valence-corrected chi connectivity index (χ0v) is 11.9. The molecule has 0 spiro atoms. The summed E-state index contributed by atoms with van der Waals surface area (Å²) in [5.41, 5.74) is 1.43. The summed E-state index contributed by atoms with van der Waals surface area (Å²) in [6, 6.07) is 5.39. The molecule has 0 saturated heterocycles. The maximum atomic E-state index is 12.0. The number of anilines is 2. The lowest BCUT2D eigenvalue weighted by Gasteiger charge is -2.29. The zero-order chi connectivity index (χ0) is 14.5. The second-order valence-corrected chi connectivity index (χ2v) is 4.77. The molecule has 0 aromatic heterocycles. The number of rotatable bonds is 5. The van der Waals surface area contributed by atoms with Crippen LogP contribution in [-0.2, 0) is 9.59 Å². The van der Waals surface area contributed by atoms with Crippen LogP contribution in [0, 0.1) is 0 Å². The topological polar surface area (TPSA) is 58.6 Å². The van der Waals surface area contributed by atoms with Crippen molar-refractivity contribution in [1.29, 1.82) is 0 Å². The fourth-order valence-corrected chi connectivity index (χ4v) is 2.09. The van der Waals surface area contributed by atoms with E-state index in [0.717, 1.165) is 18.5 Å². The summed E-state index contributed by atoms with van der Waals surface area (Å²) in [6.07, 6.45) is 2.38. The number of unbranched alkanes of at least 4 members (excludes halogenated alkanes) is 1. The first-order chi connectivity index (χ1) is 9.65. The van der Waals surface area contributed by atoms with Gasteiger partial charge >= 0.3 is 0 Å². The van der Waals surface area contributed by atoms with Crippen LogP contribution in [-0.4, -0.2) is 25.0 Å². The number of carbonyl (C=O) groups excluding carboxylic acids is 2. The number of fused-ring (bicyclic) bond motifs is 1. The molecule has 1 heterocycles. The van der Waals surface area contributed by atoms with Crippen molar-refractivity contribution in [1.82, 2.24) is 0 Å². The van der Waals surface area contributed by atoms with Crippen molar-refractivity contribution in [2.45, 2.75) is 33.1 Å². The molecule has 0 radical (unpaired) electrons. The van der Waals surface area contributed by atoms with Crippen LogP contribution in [0.2, 0.25) is 0 Å². The summed E-state index contributed by atoms with van der Waals surface area (Å²) in [5.74, 6) is 0.605. The molecule has 0 unspecified atom stereocenters. The van der Waals surface area contributed by atoms with Gasteiger partial charge in [-0.2, -0.15) is 0 Å². The van der Waals surface area contributed by atoms with E-state index in [1.54, 1.807) is 30.0 Å². The van der Waals surface area contributed by atoms with E-state index in [-0.39, 0.29) is 18.4 Å². The molecule has 1 aromatic carbocycles. The molecule has 20 heavy (non-hydrogen) atoms. The first kappa shape index (κ1) is 14.4. The van der Waals surface area contributed by atoms with Gasteiger partial charge in [0.05, 0.1) is 5.69 Å². The minimum absolute atomic E-state index is 0.0371. The van der Waals surface area contributed by atoms with Gasteiger partial charge in [-0.1, -0.05) is 20.3 Å². The smallest absolute Gasteiger partial charge is 0.265 e. The van der Waals surface area contributed by atoms with Crippen molar-refractivity contribution in [3.05, 3.63) is 18.2 Å². The second-order valence-electron chi connectivity index (χ2n) is 4.77. The number of ether oxygens (including phenoxy) is 1. The lowest BCUT2D eigenvalue weighted by atomic mass is 10.2. The molecule has 2 rings (SSSR count). The van der Waals surface area contributed by atoms with Crippen molar-refractivity contribution < 1.29 is 14.3 Å². The highest BCUT2D eigenvalue weighted by molar-refractivity contribution is 5.99. The normalized spacial score (nSPS) is 13.7. The summed E-state index contributed by atoms with van der Waals surface area (Å²) in [7, 11) is 0. The third kappa shape index (κ3) is 3.10. The van der Waals surface area contributed by atoms with Crippen LogP contribution >= 0.6 is 0 Å². The standard InChI is InChI=1S/C15H20N2O3/c1-3-5-8-17-12-9-11(16-14(18)4-2)6-7-13(12)20-10-15(17)19/h6-7,9H,3-5,8,10H2,1-2H3,(H,16,18). The van der Waals surface area contributed by atoms with Crippen LogP contribution in [0.15, 0.2) is 18.2 Å². The number of hydrogen-bond donors (Lipinski definition) is 1. The maximum absolute atomic E-state index is 12.0. The van der Waals surface area contributed by atoms with Crippen molar-refractivity contribution in [2.75, 3.05) is 23.4 Å². The van der Waals surface area contributed by atoms with Crippen LogP contribution in [0.4, 0.5) is 11.4 Å². The SMILES string of the molecule is CCCCN1C(=O)COc2ccc(NC(=O)CC)cc21. The van der Waals surface area contributed by atoms with Gasteiger partial charge in [0.25, 0.3) is 5.91 Å². The van der Waals surface area contributed by atoms with Crippen LogP contribution in [0.1, 0.15) is 33.1 Å². The van der Waals surface area contributed by atoms with Gasteiger partial charge in [0.1, 0.15) is 5.75 Å². The minimum atomic E-state index is -0.0480. The highest BCUT2D eigenvalue weighted by Gasteiger charge is 2.25. The van der Waals surface area contributed by atoms with Crippen LogP contribution in [0.25, 0.3) is 0 Å². The molecule has 1 aliphatic rings. The highest BCUT2D eigenvalue weighted by Crippen LogP contribution is 2.34. The van der Waals surface area contributed by atoms with E-state index in [1.807, 2.05) is 0 Å². The van der Waals surface area contributed by atoms with Gasteiger partial charge in [0.2, 0.25) is 5.91 Å². The van der Waals surface area contributed by atoms with Crippen LogP contribution < -0.4 is 15.0 Å². The van der Waals surface area contributed by atoms with E-state index < -0.39 is 0 Å². The zero-order valence-electron chi connectivity index (χ0n) is 11.9. The Morgan fingerprint density at radius 3 is 2.90 bits per heavy atom. The van der Waals surface area contributed by atoms with Crippen LogP contribution in [0.5, 0.6) is 5.75 Å². The monoisotopic (exact) mass is 276 g/mol. The average molecular weight is 276 g/mol. The van der Waals surface area contributed by atoms with E-state index in [1.165, 1.54) is 0 Å². The molecule has 5 nitrogen and oxygen atoms in total. The van der Waals surface area contributed by atoms with E-state index >= 15 is 0 Å². The quantitative estimate of drug-likeness (QED) is 0.899. The largest absolute Gasteiger partial charge is 0.482 e. The number of nitrogens with one attached hydrogen (secondary N) is 1. The maximum Gasteiger partial charge on any atom is 0.265 e. The molecule has 2 amide bonds. The van der Waals surface area contributed by atoms with Crippen molar-refractivity contribution in [2.24, 2.45) is 0 Å². The summed E-state index contributed by atoms with van der Waals surface area (Å²) in [4.78, 5) is 25.2. The van der Waals surface area contributed by atoms with E-state index in [2.05, 4.69) is 12.2 Å². The number of nitrogens with zero attached hydrogens (tertiary/aromatic N) is 1. The summed E-state index contributed by atoms with van der Waals surface area (Å²) in [6.45, 7) is 4.64. The lowest BCUT2D eigenvalue weighted by molar-refractivity contribution is -0.121. The molecule has 5 heteroatoms. The first-order valence-electron chi connectivity index (χ1n) is 7.02. The number of hydrogen-bond acceptors (Lipinski definition) is 3. The van der Waals surface area contributed by atoms with Crippen molar-refractivity contribution >= 4 is 23.2 Å². The fourth-order valence-electron chi connectivity index (χ4n) is 2.09. The Morgan fingerprint density at radius 1 is 1.40 bits per heavy atom. The van der Waals surface area contributed by atoms with Crippen LogP contribution in [0.3, 0.4) is 0 Å². The molecule has 1 N–H and O–H groups in total. The van der Waals surface area contributed by atoms with Gasteiger partial charge in [-0.05, 0) is 24.6 Å². The van der Waals surface area contributed by atoms with E-state index in [0.29, 0.717) is 24.4 Å². The predicted molar refractivity (Wildman–Crippen MR) is 78.1 cm³/mol. The van der Waals surface area contributed by atoms with Crippen molar-refractivity contribution in [3.8, 4) is 5.75 Å². The van der Waals surface area contributed by atoms with Gasteiger partial charge in [0.15, 0.2) is 6.61 Å². The number of amides is 2.